The quantitative estimate of drug-likeness (QED) is 0.563. The summed E-state index contributed by atoms with van der Waals surface area (Å²) in [5, 5.41) is 5.90. The predicted molar refractivity (Wildman–Crippen MR) is 148 cm³/mol. The number of rotatable bonds is 5. The maximum Gasteiger partial charge on any atom is 0.411 e. The second kappa shape index (κ2) is 12.3. The molecule has 3 rings (SSSR count). The van der Waals surface area contributed by atoms with Crippen LogP contribution in [0.4, 0.5) is 15.3 Å². The van der Waals surface area contributed by atoms with Gasteiger partial charge >= 0.3 is 12.2 Å². The molecule has 1 aromatic carbocycles. The summed E-state index contributed by atoms with van der Waals surface area (Å²) in [6.07, 6.45) is -1.07. The lowest BCUT2D eigenvalue weighted by Gasteiger charge is -2.38. The molecule has 1 aromatic rings. The molecule has 2 fully saturated rings. The van der Waals surface area contributed by atoms with Crippen LogP contribution in [0.2, 0.25) is 5.02 Å². The van der Waals surface area contributed by atoms with Crippen molar-refractivity contribution in [3.05, 3.63) is 29.3 Å². The second-order valence-electron chi connectivity index (χ2n) is 11.8. The van der Waals surface area contributed by atoms with Gasteiger partial charge in [-0.1, -0.05) is 11.6 Å². The van der Waals surface area contributed by atoms with Gasteiger partial charge in [-0.25, -0.2) is 9.59 Å². The molecule has 0 aliphatic carbocycles. The number of ether oxygens (including phenoxy) is 2. The number of nitrogens with zero attached hydrogens (tertiary/aromatic N) is 3. The van der Waals surface area contributed by atoms with Gasteiger partial charge in [0, 0.05) is 49.5 Å². The van der Waals surface area contributed by atoms with Gasteiger partial charge in [0.2, 0.25) is 11.8 Å². The number of piperazine rings is 1. The molecule has 2 aliphatic heterocycles. The van der Waals surface area contributed by atoms with Gasteiger partial charge in [0.1, 0.15) is 23.8 Å². The van der Waals surface area contributed by atoms with Gasteiger partial charge in [-0.3, -0.25) is 14.5 Å². The Kier molecular flexibility index (Phi) is 9.58. The van der Waals surface area contributed by atoms with Crippen LogP contribution in [-0.4, -0.2) is 96.4 Å². The Morgan fingerprint density at radius 1 is 0.923 bits per heavy atom. The van der Waals surface area contributed by atoms with Crippen molar-refractivity contribution in [1.29, 1.82) is 0 Å². The van der Waals surface area contributed by atoms with Gasteiger partial charge in [0.25, 0.3) is 0 Å². The summed E-state index contributed by atoms with van der Waals surface area (Å²) in [7, 11) is 0. The minimum Gasteiger partial charge on any atom is -0.444 e. The minimum atomic E-state index is -0.772. The molecule has 39 heavy (non-hydrogen) atoms. The van der Waals surface area contributed by atoms with Gasteiger partial charge in [-0.2, -0.15) is 0 Å². The van der Waals surface area contributed by atoms with Crippen molar-refractivity contribution in [2.75, 3.05) is 44.2 Å². The van der Waals surface area contributed by atoms with Crippen molar-refractivity contribution in [3.8, 4) is 0 Å². The lowest BCUT2D eigenvalue weighted by atomic mass is 10.1. The molecule has 4 amide bonds. The van der Waals surface area contributed by atoms with E-state index in [9.17, 15) is 19.2 Å². The number of nitrogens with one attached hydrogen (secondary N) is 2. The first-order valence-electron chi connectivity index (χ1n) is 13.2. The molecular formula is C27H40ClN5O6. The van der Waals surface area contributed by atoms with Crippen molar-refractivity contribution in [2.24, 2.45) is 0 Å². The van der Waals surface area contributed by atoms with Crippen LogP contribution in [0.15, 0.2) is 24.3 Å². The van der Waals surface area contributed by atoms with Gasteiger partial charge < -0.3 is 29.9 Å². The minimum absolute atomic E-state index is 0.119. The zero-order chi connectivity index (χ0) is 29.0. The van der Waals surface area contributed by atoms with E-state index in [0.717, 1.165) is 5.69 Å². The maximum atomic E-state index is 13.6. The number of anilines is 1. The van der Waals surface area contributed by atoms with Gasteiger partial charge in [0.15, 0.2) is 0 Å². The smallest absolute Gasteiger partial charge is 0.411 e. The molecule has 11 nitrogen and oxygen atoms in total. The summed E-state index contributed by atoms with van der Waals surface area (Å²) in [6.45, 7) is 12.6. The Morgan fingerprint density at radius 3 is 2.08 bits per heavy atom. The van der Waals surface area contributed by atoms with E-state index < -0.39 is 41.4 Å². The van der Waals surface area contributed by atoms with Crippen LogP contribution in [0, 0.1) is 0 Å². The van der Waals surface area contributed by atoms with E-state index in [2.05, 4.69) is 15.5 Å². The fourth-order valence-electron chi connectivity index (χ4n) is 4.49. The monoisotopic (exact) mass is 565 g/mol. The molecule has 0 aromatic heterocycles. The normalized spacial score (nSPS) is 19.9. The zero-order valence-electron chi connectivity index (χ0n) is 23.6. The Labute approximate surface area is 235 Å². The molecule has 2 aliphatic rings. The molecule has 2 saturated heterocycles. The van der Waals surface area contributed by atoms with Gasteiger partial charge in [-0.05, 0) is 72.2 Å². The second-order valence-corrected chi connectivity index (χ2v) is 12.2. The Morgan fingerprint density at radius 2 is 1.51 bits per heavy atom. The molecule has 2 atom stereocenters. The van der Waals surface area contributed by atoms with E-state index in [0.29, 0.717) is 31.2 Å². The van der Waals surface area contributed by atoms with Gasteiger partial charge in [-0.15, -0.1) is 0 Å². The van der Waals surface area contributed by atoms with Crippen LogP contribution in [-0.2, 0) is 19.1 Å². The third kappa shape index (κ3) is 9.19. The van der Waals surface area contributed by atoms with E-state index >= 15 is 0 Å². The van der Waals surface area contributed by atoms with Crippen molar-refractivity contribution in [3.63, 3.8) is 0 Å². The standard InChI is InChI=1S/C27H40ClN5O6/c1-26(2,3)38-24(36)29-16-22(34)30-19-15-21(33(17-19)25(37)39-27(4,5)6)23(35)32-13-11-31(12-14-32)20-9-7-18(28)8-10-20/h7-10,19,21H,11-17H2,1-6H3,(H,29,36)(H,30,34). The number of alkyl carbamates (subject to hydrolysis) is 1. The summed E-state index contributed by atoms with van der Waals surface area (Å²) in [4.78, 5) is 56.4. The first kappa shape index (κ1) is 30.3. The van der Waals surface area contributed by atoms with Crippen LogP contribution in [0.5, 0.6) is 0 Å². The number of hydrogen-bond donors (Lipinski definition) is 2. The number of carbonyl (C=O) groups is 4. The zero-order valence-corrected chi connectivity index (χ0v) is 24.3. The molecular weight excluding hydrogens is 526 g/mol. The van der Waals surface area contributed by atoms with Crippen LogP contribution in [0.3, 0.4) is 0 Å². The topological polar surface area (TPSA) is 121 Å². The van der Waals surface area contributed by atoms with Gasteiger partial charge in [0.05, 0.1) is 0 Å². The third-order valence-corrected chi connectivity index (χ3v) is 6.41. The van der Waals surface area contributed by atoms with Crippen LogP contribution in [0.1, 0.15) is 48.0 Å². The van der Waals surface area contributed by atoms with E-state index in [4.69, 9.17) is 21.1 Å². The third-order valence-electron chi connectivity index (χ3n) is 6.15. The summed E-state index contributed by atoms with van der Waals surface area (Å²) < 4.78 is 10.7. The lowest BCUT2D eigenvalue weighted by Crippen LogP contribution is -2.54. The average Bonchev–Trinajstić information content (AvgIpc) is 3.25. The molecule has 0 spiro atoms. The highest BCUT2D eigenvalue weighted by atomic mass is 35.5. The van der Waals surface area contributed by atoms with E-state index in [1.165, 1.54) is 4.90 Å². The fraction of sp³-hybridized carbons (Fsp3) is 0.630. The highest BCUT2D eigenvalue weighted by molar-refractivity contribution is 6.30. The number of carbonyl (C=O) groups excluding carboxylic acids is 4. The summed E-state index contributed by atoms with van der Waals surface area (Å²) >= 11 is 6.00. The number of amides is 4. The SMILES string of the molecule is CC(C)(C)OC(=O)NCC(=O)NC1CC(C(=O)N2CCN(c3ccc(Cl)cc3)CC2)N(C(=O)OC(C)(C)C)C1. The number of likely N-dealkylation sites (tertiary alicyclic amines) is 1. The Hall–Kier alpha value is -3.21. The fourth-order valence-corrected chi connectivity index (χ4v) is 4.62. The molecule has 0 radical (unpaired) electrons. The predicted octanol–water partition coefficient (Wildman–Crippen LogP) is 3.01. The van der Waals surface area contributed by atoms with E-state index in [1.807, 2.05) is 24.3 Å². The molecule has 216 valence electrons. The molecule has 2 N–H and O–H groups in total. The molecule has 0 bridgehead atoms. The molecule has 12 heteroatoms. The summed E-state index contributed by atoms with van der Waals surface area (Å²) in [5.74, 6) is -0.625. The van der Waals surface area contributed by atoms with E-state index in [-0.39, 0.29) is 25.4 Å². The molecule has 0 saturated carbocycles. The van der Waals surface area contributed by atoms with Crippen molar-refractivity contribution < 1.29 is 28.7 Å². The highest BCUT2D eigenvalue weighted by Gasteiger charge is 2.44. The highest BCUT2D eigenvalue weighted by Crippen LogP contribution is 2.25. The maximum absolute atomic E-state index is 13.6. The largest absolute Gasteiger partial charge is 0.444 e. The number of benzene rings is 1. The lowest BCUT2D eigenvalue weighted by molar-refractivity contribution is -0.136. The van der Waals surface area contributed by atoms with Crippen molar-refractivity contribution >= 4 is 41.3 Å². The molecule has 2 heterocycles. The summed E-state index contributed by atoms with van der Waals surface area (Å²) in [6, 6.07) is 6.32. The van der Waals surface area contributed by atoms with Crippen LogP contribution < -0.4 is 15.5 Å². The Balaban J connectivity index is 1.62. The van der Waals surface area contributed by atoms with E-state index in [1.54, 1.807) is 46.4 Å². The van der Waals surface area contributed by atoms with Crippen molar-refractivity contribution in [1.82, 2.24) is 20.4 Å². The average molecular weight is 566 g/mol. The summed E-state index contributed by atoms with van der Waals surface area (Å²) in [5.41, 5.74) is -0.396. The first-order chi connectivity index (χ1) is 18.1. The molecule has 2 unspecified atom stereocenters. The van der Waals surface area contributed by atoms with Crippen LogP contribution in [0.25, 0.3) is 0 Å². The Bertz CT molecular complexity index is 1040. The number of hydrogen-bond acceptors (Lipinski definition) is 7. The van der Waals surface area contributed by atoms with Crippen molar-refractivity contribution in [2.45, 2.75) is 71.2 Å². The van der Waals surface area contributed by atoms with Crippen LogP contribution >= 0.6 is 11.6 Å². The number of halogens is 1. The first-order valence-corrected chi connectivity index (χ1v) is 13.5.